The Balaban J connectivity index is 2.24. The lowest BCUT2D eigenvalue weighted by molar-refractivity contribution is -0.117. The number of hydrogen-bond donors (Lipinski definition) is 1. The summed E-state index contributed by atoms with van der Waals surface area (Å²) in [7, 11) is 0. The van der Waals surface area contributed by atoms with Crippen LogP contribution in [-0.2, 0) is 4.79 Å². The molecule has 0 aromatic heterocycles. The van der Waals surface area contributed by atoms with Crippen LogP contribution in [0.5, 0.6) is 5.75 Å². The maximum absolute atomic E-state index is 12.6. The highest BCUT2D eigenvalue weighted by Gasteiger charge is 2.28. The third-order valence-electron chi connectivity index (χ3n) is 3.60. The minimum atomic E-state index is -1.42. The van der Waals surface area contributed by atoms with E-state index in [-0.39, 0.29) is 0 Å². The van der Waals surface area contributed by atoms with Gasteiger partial charge in [-0.3, -0.25) is 9.59 Å². The number of anilines is 1. The van der Waals surface area contributed by atoms with Gasteiger partial charge >= 0.3 is 0 Å². The summed E-state index contributed by atoms with van der Waals surface area (Å²) in [6.07, 6.45) is 0. The fraction of sp³-hybridized carbons (Fsp3) is 0.250. The lowest BCUT2D eigenvalue weighted by Gasteiger charge is -2.13. The van der Waals surface area contributed by atoms with Crippen molar-refractivity contribution in [1.82, 2.24) is 0 Å². The Morgan fingerprint density at radius 2 is 1.80 bits per heavy atom. The van der Waals surface area contributed by atoms with Crippen molar-refractivity contribution in [2.75, 3.05) is 11.9 Å². The van der Waals surface area contributed by atoms with Crippen LogP contribution in [0.15, 0.2) is 42.5 Å². The number of ketones is 1. The third-order valence-corrected chi connectivity index (χ3v) is 3.60. The summed E-state index contributed by atoms with van der Waals surface area (Å²) in [5.74, 6) is -2.11. The third kappa shape index (κ3) is 4.45. The quantitative estimate of drug-likeness (QED) is 0.645. The number of rotatable bonds is 6. The molecule has 0 saturated carbocycles. The van der Waals surface area contributed by atoms with Crippen molar-refractivity contribution >= 4 is 17.4 Å². The molecule has 0 aliphatic heterocycles. The van der Waals surface area contributed by atoms with Crippen LogP contribution in [0.1, 0.15) is 28.4 Å². The Labute approximate surface area is 147 Å². The first-order valence-electron chi connectivity index (χ1n) is 8.01. The molecule has 1 amide bonds. The van der Waals surface area contributed by atoms with Gasteiger partial charge in [0.25, 0.3) is 0 Å². The number of aryl methyl sites for hydroxylation is 2. The molecule has 2 rings (SSSR count). The molecule has 1 atom stereocenters. The zero-order valence-electron chi connectivity index (χ0n) is 14.5. The minimum Gasteiger partial charge on any atom is -0.492 e. The molecule has 0 aliphatic rings. The van der Waals surface area contributed by atoms with E-state index in [1.807, 2.05) is 32.9 Å². The van der Waals surface area contributed by atoms with Gasteiger partial charge in [-0.2, -0.15) is 5.26 Å². The Kier molecular flexibility index (Phi) is 5.91. The molecule has 2 aromatic rings. The topological polar surface area (TPSA) is 79.2 Å². The monoisotopic (exact) mass is 336 g/mol. The molecule has 0 radical (unpaired) electrons. The predicted molar refractivity (Wildman–Crippen MR) is 95.6 cm³/mol. The molecule has 128 valence electrons. The number of para-hydroxylation sites is 2. The molecular formula is C20H20N2O3. The number of Topliss-reactive ketones (excluding diaryl/α,β-unsaturated/α-hetero) is 1. The SMILES string of the molecule is CCOc1ccccc1NC(=O)C(C#N)C(=O)c1cc(C)cc(C)c1. The number of amides is 1. The first kappa shape index (κ1) is 18.2. The predicted octanol–water partition coefficient (Wildman–Crippen LogP) is 3.66. The van der Waals surface area contributed by atoms with Gasteiger partial charge in [-0.25, -0.2) is 0 Å². The van der Waals surface area contributed by atoms with E-state index in [9.17, 15) is 14.9 Å². The fourth-order valence-corrected chi connectivity index (χ4v) is 2.58. The second-order valence-corrected chi connectivity index (χ2v) is 5.72. The van der Waals surface area contributed by atoms with Crippen LogP contribution in [0.2, 0.25) is 0 Å². The normalized spacial score (nSPS) is 11.3. The Morgan fingerprint density at radius 3 is 2.40 bits per heavy atom. The van der Waals surface area contributed by atoms with Gasteiger partial charge in [0.2, 0.25) is 5.91 Å². The smallest absolute Gasteiger partial charge is 0.249 e. The second-order valence-electron chi connectivity index (χ2n) is 5.72. The standard InChI is InChI=1S/C20H20N2O3/c1-4-25-18-8-6-5-7-17(18)22-20(24)16(12-21)19(23)15-10-13(2)9-14(3)11-15/h5-11,16H,4H2,1-3H3,(H,22,24). The number of hydrogen-bond acceptors (Lipinski definition) is 4. The van der Waals surface area contributed by atoms with E-state index >= 15 is 0 Å². The van der Waals surface area contributed by atoms with Crippen LogP contribution >= 0.6 is 0 Å². The van der Waals surface area contributed by atoms with Gasteiger partial charge in [-0.1, -0.05) is 29.3 Å². The number of ether oxygens (including phenoxy) is 1. The molecule has 25 heavy (non-hydrogen) atoms. The number of nitrogens with one attached hydrogen (secondary N) is 1. The van der Waals surface area contributed by atoms with E-state index in [4.69, 9.17) is 4.74 Å². The number of nitrogens with zero attached hydrogens (tertiary/aromatic N) is 1. The van der Waals surface area contributed by atoms with Crippen LogP contribution in [0.25, 0.3) is 0 Å². The summed E-state index contributed by atoms with van der Waals surface area (Å²) < 4.78 is 5.45. The van der Waals surface area contributed by atoms with Gasteiger partial charge in [0.1, 0.15) is 5.75 Å². The van der Waals surface area contributed by atoms with E-state index in [2.05, 4.69) is 5.32 Å². The molecular weight excluding hydrogens is 316 g/mol. The molecule has 0 spiro atoms. The Bertz CT molecular complexity index is 817. The van der Waals surface area contributed by atoms with Gasteiger partial charge < -0.3 is 10.1 Å². The van der Waals surface area contributed by atoms with Crippen LogP contribution in [0.4, 0.5) is 5.69 Å². The van der Waals surface area contributed by atoms with E-state index in [1.165, 1.54) is 0 Å². The highest BCUT2D eigenvalue weighted by molar-refractivity contribution is 6.15. The largest absolute Gasteiger partial charge is 0.492 e. The summed E-state index contributed by atoms with van der Waals surface area (Å²) in [6.45, 7) is 6.00. The zero-order chi connectivity index (χ0) is 18.4. The molecule has 0 fully saturated rings. The first-order chi connectivity index (χ1) is 12.0. The molecule has 0 heterocycles. The highest BCUT2D eigenvalue weighted by atomic mass is 16.5. The van der Waals surface area contributed by atoms with Crippen LogP contribution in [0.3, 0.4) is 0 Å². The maximum atomic E-state index is 12.6. The van der Waals surface area contributed by atoms with E-state index in [1.54, 1.807) is 36.4 Å². The summed E-state index contributed by atoms with van der Waals surface area (Å²) in [6, 6.07) is 14.0. The average Bonchev–Trinajstić information content (AvgIpc) is 2.56. The Hall–Kier alpha value is -3.13. The van der Waals surface area contributed by atoms with Gasteiger partial charge in [0.05, 0.1) is 18.4 Å². The van der Waals surface area contributed by atoms with Crippen LogP contribution in [0, 0.1) is 31.1 Å². The average molecular weight is 336 g/mol. The van der Waals surface area contributed by atoms with Crippen LogP contribution < -0.4 is 10.1 Å². The van der Waals surface area contributed by atoms with Crippen molar-refractivity contribution in [2.45, 2.75) is 20.8 Å². The highest BCUT2D eigenvalue weighted by Crippen LogP contribution is 2.24. The van der Waals surface area contributed by atoms with E-state index in [0.29, 0.717) is 23.6 Å². The summed E-state index contributed by atoms with van der Waals surface area (Å²) in [5.41, 5.74) is 2.60. The number of carbonyl (C=O) groups excluding carboxylic acids is 2. The van der Waals surface area contributed by atoms with Crippen LogP contribution in [-0.4, -0.2) is 18.3 Å². The molecule has 0 saturated heterocycles. The molecule has 5 heteroatoms. The second kappa shape index (κ2) is 8.11. The van der Waals surface area contributed by atoms with Crippen molar-refractivity contribution < 1.29 is 14.3 Å². The van der Waals surface area contributed by atoms with Gasteiger partial charge in [0.15, 0.2) is 11.7 Å². The zero-order valence-corrected chi connectivity index (χ0v) is 14.5. The lowest BCUT2D eigenvalue weighted by atomic mass is 9.95. The first-order valence-corrected chi connectivity index (χ1v) is 8.01. The minimum absolute atomic E-state index is 0.359. The van der Waals surface area contributed by atoms with Crippen molar-refractivity contribution in [3.63, 3.8) is 0 Å². The van der Waals surface area contributed by atoms with Gasteiger partial charge in [-0.15, -0.1) is 0 Å². The lowest BCUT2D eigenvalue weighted by Crippen LogP contribution is -2.29. The molecule has 0 aliphatic carbocycles. The summed E-state index contributed by atoms with van der Waals surface area (Å²) >= 11 is 0. The molecule has 1 N–H and O–H groups in total. The summed E-state index contributed by atoms with van der Waals surface area (Å²) in [4.78, 5) is 25.1. The number of nitriles is 1. The fourth-order valence-electron chi connectivity index (χ4n) is 2.58. The van der Waals surface area contributed by atoms with Crippen molar-refractivity contribution in [3.05, 3.63) is 59.2 Å². The van der Waals surface area contributed by atoms with Crippen molar-refractivity contribution in [1.29, 1.82) is 5.26 Å². The number of carbonyl (C=O) groups is 2. The molecule has 0 bridgehead atoms. The number of benzene rings is 2. The molecule has 5 nitrogen and oxygen atoms in total. The van der Waals surface area contributed by atoms with E-state index in [0.717, 1.165) is 11.1 Å². The summed E-state index contributed by atoms with van der Waals surface area (Å²) in [5, 5.41) is 12.0. The van der Waals surface area contributed by atoms with Gasteiger partial charge in [-0.05, 0) is 45.0 Å². The Morgan fingerprint density at radius 1 is 1.16 bits per heavy atom. The maximum Gasteiger partial charge on any atom is 0.249 e. The van der Waals surface area contributed by atoms with Crippen molar-refractivity contribution in [2.24, 2.45) is 5.92 Å². The molecule has 2 aromatic carbocycles. The van der Waals surface area contributed by atoms with E-state index < -0.39 is 17.6 Å². The van der Waals surface area contributed by atoms with Gasteiger partial charge in [0, 0.05) is 5.56 Å². The van der Waals surface area contributed by atoms with Crippen molar-refractivity contribution in [3.8, 4) is 11.8 Å². The molecule has 1 unspecified atom stereocenters.